The van der Waals surface area contributed by atoms with Crippen LogP contribution in [-0.4, -0.2) is 18.6 Å². The zero-order valence-electron chi connectivity index (χ0n) is 11.7. The number of pyridine rings is 1. The average Bonchev–Trinajstić information content (AvgIpc) is 2.90. The molecule has 2 aromatic rings. The van der Waals surface area contributed by atoms with Crippen molar-refractivity contribution in [3.8, 4) is 5.75 Å². The van der Waals surface area contributed by atoms with Gasteiger partial charge in [0.25, 0.3) is 0 Å². The van der Waals surface area contributed by atoms with Crippen LogP contribution < -0.4 is 10.1 Å². The minimum absolute atomic E-state index is 0.739. The summed E-state index contributed by atoms with van der Waals surface area (Å²) < 4.78 is 10.7. The number of furan rings is 1. The highest BCUT2D eigenvalue weighted by atomic mass is 16.5. The first-order valence-corrected chi connectivity index (χ1v) is 6.44. The normalized spacial score (nSPS) is 10.7. The van der Waals surface area contributed by atoms with E-state index < -0.39 is 0 Å². The maximum Gasteiger partial charge on any atom is 0.128 e. The highest BCUT2D eigenvalue weighted by Crippen LogP contribution is 2.23. The molecule has 4 nitrogen and oxygen atoms in total. The number of hydrogen-bond donors (Lipinski definition) is 1. The number of nitrogens with zero attached hydrogens (tertiary/aromatic N) is 1. The first-order chi connectivity index (χ1) is 9.22. The summed E-state index contributed by atoms with van der Waals surface area (Å²) in [6.45, 7) is 5.66. The number of hydrogen-bond acceptors (Lipinski definition) is 4. The van der Waals surface area contributed by atoms with Crippen molar-refractivity contribution in [2.24, 2.45) is 0 Å². The molecule has 2 rings (SSSR count). The second-order valence-electron chi connectivity index (χ2n) is 4.55. The van der Waals surface area contributed by atoms with Gasteiger partial charge in [0.2, 0.25) is 0 Å². The van der Waals surface area contributed by atoms with E-state index in [0.29, 0.717) is 0 Å². The molecule has 0 aliphatic rings. The van der Waals surface area contributed by atoms with Crippen LogP contribution in [0.2, 0.25) is 0 Å². The third-order valence-corrected chi connectivity index (χ3v) is 3.17. The van der Waals surface area contributed by atoms with Crippen molar-refractivity contribution in [3.63, 3.8) is 0 Å². The molecule has 0 saturated heterocycles. The van der Waals surface area contributed by atoms with E-state index in [1.54, 1.807) is 13.4 Å². The molecule has 0 bridgehead atoms. The zero-order chi connectivity index (χ0) is 13.7. The molecule has 0 radical (unpaired) electrons. The van der Waals surface area contributed by atoms with Gasteiger partial charge in [-0.15, -0.1) is 0 Å². The number of rotatable bonds is 6. The number of nitrogens with one attached hydrogen (secondary N) is 1. The molecule has 2 heterocycles. The van der Waals surface area contributed by atoms with Crippen molar-refractivity contribution in [3.05, 3.63) is 47.2 Å². The van der Waals surface area contributed by atoms with Gasteiger partial charge in [0.15, 0.2) is 0 Å². The van der Waals surface area contributed by atoms with E-state index in [2.05, 4.69) is 10.3 Å². The summed E-state index contributed by atoms with van der Waals surface area (Å²) in [7, 11) is 1.70. The molecule has 0 aliphatic carbocycles. The fraction of sp³-hybridized carbons (Fsp3) is 0.400. The Morgan fingerprint density at radius 1 is 1.37 bits per heavy atom. The highest BCUT2D eigenvalue weighted by molar-refractivity contribution is 5.40. The van der Waals surface area contributed by atoms with Gasteiger partial charge in [0.05, 0.1) is 19.1 Å². The van der Waals surface area contributed by atoms with E-state index in [-0.39, 0.29) is 0 Å². The lowest BCUT2D eigenvalue weighted by Gasteiger charge is -2.12. The second-order valence-corrected chi connectivity index (χ2v) is 4.55. The molecule has 0 spiro atoms. The summed E-state index contributed by atoms with van der Waals surface area (Å²) >= 11 is 0. The van der Waals surface area contributed by atoms with Gasteiger partial charge in [-0.25, -0.2) is 0 Å². The van der Waals surface area contributed by atoms with Crippen LogP contribution in [0.4, 0.5) is 0 Å². The summed E-state index contributed by atoms with van der Waals surface area (Å²) in [5.74, 6) is 1.93. The standard InChI is InChI=1S/C15H20N2O2/c1-11-9-17-14(12(2)15(11)18-3)10-16-7-6-13-5-4-8-19-13/h4-5,8-9,16H,6-7,10H2,1-3H3. The topological polar surface area (TPSA) is 47.3 Å². The Bertz CT molecular complexity index is 521. The zero-order valence-corrected chi connectivity index (χ0v) is 11.7. The maximum absolute atomic E-state index is 5.40. The van der Waals surface area contributed by atoms with Crippen LogP contribution in [0.25, 0.3) is 0 Å². The summed E-state index contributed by atoms with van der Waals surface area (Å²) in [4.78, 5) is 4.46. The molecule has 19 heavy (non-hydrogen) atoms. The van der Waals surface area contributed by atoms with Gasteiger partial charge in [0.1, 0.15) is 11.5 Å². The Kier molecular flexibility index (Phi) is 4.58. The number of aryl methyl sites for hydroxylation is 1. The smallest absolute Gasteiger partial charge is 0.128 e. The van der Waals surface area contributed by atoms with Gasteiger partial charge >= 0.3 is 0 Å². The van der Waals surface area contributed by atoms with Crippen LogP contribution in [0.5, 0.6) is 5.75 Å². The van der Waals surface area contributed by atoms with Crippen molar-refractivity contribution in [1.29, 1.82) is 0 Å². The Morgan fingerprint density at radius 3 is 2.89 bits per heavy atom. The number of ether oxygens (including phenoxy) is 1. The lowest BCUT2D eigenvalue weighted by atomic mass is 10.1. The van der Waals surface area contributed by atoms with Crippen molar-refractivity contribution < 1.29 is 9.15 Å². The minimum atomic E-state index is 0.739. The first kappa shape index (κ1) is 13.6. The molecule has 0 unspecified atom stereocenters. The van der Waals surface area contributed by atoms with Crippen LogP contribution in [0, 0.1) is 13.8 Å². The van der Waals surface area contributed by atoms with Gasteiger partial charge in [-0.1, -0.05) is 0 Å². The monoisotopic (exact) mass is 260 g/mol. The molecule has 102 valence electrons. The van der Waals surface area contributed by atoms with Gasteiger partial charge < -0.3 is 14.5 Å². The molecule has 0 atom stereocenters. The summed E-state index contributed by atoms with van der Waals surface area (Å²) in [6.07, 6.45) is 4.44. The summed E-state index contributed by atoms with van der Waals surface area (Å²) in [5.41, 5.74) is 3.20. The van der Waals surface area contributed by atoms with Crippen LogP contribution in [-0.2, 0) is 13.0 Å². The van der Waals surface area contributed by atoms with E-state index >= 15 is 0 Å². The van der Waals surface area contributed by atoms with Gasteiger partial charge in [-0.05, 0) is 26.0 Å². The van der Waals surface area contributed by atoms with E-state index in [1.165, 1.54) is 0 Å². The van der Waals surface area contributed by atoms with Crippen molar-refractivity contribution >= 4 is 0 Å². The average molecular weight is 260 g/mol. The molecular formula is C15H20N2O2. The molecule has 4 heteroatoms. The SMILES string of the molecule is COc1c(C)cnc(CNCCc2ccco2)c1C. The quantitative estimate of drug-likeness (QED) is 0.811. The minimum Gasteiger partial charge on any atom is -0.496 e. The van der Waals surface area contributed by atoms with E-state index in [9.17, 15) is 0 Å². The molecule has 0 amide bonds. The van der Waals surface area contributed by atoms with Crippen molar-refractivity contribution in [1.82, 2.24) is 10.3 Å². The third kappa shape index (κ3) is 3.35. The van der Waals surface area contributed by atoms with Gasteiger partial charge in [-0.3, -0.25) is 4.98 Å². The Labute approximate surface area is 113 Å². The van der Waals surface area contributed by atoms with E-state index in [1.807, 2.05) is 32.2 Å². The first-order valence-electron chi connectivity index (χ1n) is 6.44. The predicted octanol–water partition coefficient (Wildman–Crippen LogP) is 2.63. The Balaban J connectivity index is 1.89. The van der Waals surface area contributed by atoms with Gasteiger partial charge in [-0.2, -0.15) is 0 Å². The van der Waals surface area contributed by atoms with Crippen LogP contribution in [0.15, 0.2) is 29.0 Å². The van der Waals surface area contributed by atoms with Crippen molar-refractivity contribution in [2.45, 2.75) is 26.8 Å². The van der Waals surface area contributed by atoms with Crippen molar-refractivity contribution in [2.75, 3.05) is 13.7 Å². The summed E-state index contributed by atoms with van der Waals surface area (Å²) in [6, 6.07) is 3.89. The van der Waals surface area contributed by atoms with Crippen LogP contribution >= 0.6 is 0 Å². The Morgan fingerprint density at radius 2 is 2.21 bits per heavy atom. The number of aromatic nitrogens is 1. The summed E-state index contributed by atoms with van der Waals surface area (Å²) in [5, 5.41) is 3.37. The fourth-order valence-corrected chi connectivity index (χ4v) is 2.12. The predicted molar refractivity (Wildman–Crippen MR) is 74.4 cm³/mol. The largest absolute Gasteiger partial charge is 0.496 e. The van der Waals surface area contributed by atoms with E-state index in [0.717, 1.165) is 47.8 Å². The third-order valence-electron chi connectivity index (χ3n) is 3.17. The van der Waals surface area contributed by atoms with E-state index in [4.69, 9.17) is 9.15 Å². The van der Waals surface area contributed by atoms with Crippen LogP contribution in [0.3, 0.4) is 0 Å². The van der Waals surface area contributed by atoms with Gasteiger partial charge in [0, 0.05) is 36.8 Å². The lowest BCUT2D eigenvalue weighted by molar-refractivity contribution is 0.406. The van der Waals surface area contributed by atoms with Crippen LogP contribution in [0.1, 0.15) is 22.6 Å². The molecule has 0 saturated carbocycles. The molecule has 2 aromatic heterocycles. The lowest BCUT2D eigenvalue weighted by Crippen LogP contribution is -2.18. The maximum atomic E-state index is 5.40. The molecular weight excluding hydrogens is 240 g/mol. The molecule has 0 fully saturated rings. The molecule has 0 aliphatic heterocycles. The Hall–Kier alpha value is -1.81. The highest BCUT2D eigenvalue weighted by Gasteiger charge is 2.08. The molecule has 1 N–H and O–H groups in total. The second kappa shape index (κ2) is 6.38. The molecule has 0 aromatic carbocycles. The number of methoxy groups -OCH3 is 1. The fourth-order valence-electron chi connectivity index (χ4n) is 2.12.